The molecule has 22 heavy (non-hydrogen) atoms. The predicted octanol–water partition coefficient (Wildman–Crippen LogP) is 5.07. The topological polar surface area (TPSA) is 25.8 Å². The van der Waals surface area contributed by atoms with Gasteiger partial charge in [-0.05, 0) is 37.1 Å². The van der Waals surface area contributed by atoms with Crippen molar-refractivity contribution in [1.82, 2.24) is 9.97 Å². The fraction of sp³-hybridized carbons (Fsp3) is 0.100. The summed E-state index contributed by atoms with van der Waals surface area (Å²) in [6.45, 7) is 4.29. The van der Waals surface area contributed by atoms with Crippen molar-refractivity contribution in [3.63, 3.8) is 0 Å². The van der Waals surface area contributed by atoms with Gasteiger partial charge in [0.05, 0.1) is 11.0 Å². The fourth-order valence-corrected chi connectivity index (χ4v) is 3.12. The lowest BCUT2D eigenvalue weighted by molar-refractivity contribution is 1.35. The summed E-state index contributed by atoms with van der Waals surface area (Å²) in [6.07, 6.45) is 3.72. The minimum absolute atomic E-state index is 1.05. The summed E-state index contributed by atoms with van der Waals surface area (Å²) >= 11 is 0. The highest BCUT2D eigenvalue weighted by Gasteiger charge is 2.14. The third kappa shape index (κ3) is 1.88. The van der Waals surface area contributed by atoms with Gasteiger partial charge in [-0.25, -0.2) is 0 Å². The predicted molar refractivity (Wildman–Crippen MR) is 92.0 cm³/mol. The molecular formula is C20H16N2. The van der Waals surface area contributed by atoms with Gasteiger partial charge in [-0.2, -0.15) is 0 Å². The molecule has 2 nitrogen and oxygen atoms in total. The van der Waals surface area contributed by atoms with E-state index in [1.54, 1.807) is 0 Å². The van der Waals surface area contributed by atoms with Crippen LogP contribution in [0.2, 0.25) is 0 Å². The maximum Gasteiger partial charge on any atom is 0.0783 e. The molecule has 2 aromatic carbocycles. The van der Waals surface area contributed by atoms with Crippen LogP contribution in [0, 0.1) is 13.8 Å². The summed E-state index contributed by atoms with van der Waals surface area (Å²) in [5.74, 6) is 0. The average molecular weight is 284 g/mol. The second-order valence-electron chi connectivity index (χ2n) is 5.67. The Kier molecular flexibility index (Phi) is 2.90. The minimum atomic E-state index is 1.05. The molecule has 2 aromatic heterocycles. The van der Waals surface area contributed by atoms with Crippen molar-refractivity contribution in [2.24, 2.45) is 0 Å². The van der Waals surface area contributed by atoms with Crippen molar-refractivity contribution in [2.45, 2.75) is 13.8 Å². The van der Waals surface area contributed by atoms with E-state index in [2.05, 4.69) is 60.2 Å². The molecule has 0 N–H and O–H groups in total. The number of pyridine rings is 2. The van der Waals surface area contributed by atoms with Gasteiger partial charge in [0.15, 0.2) is 0 Å². The number of benzene rings is 2. The van der Waals surface area contributed by atoms with Crippen molar-refractivity contribution in [1.29, 1.82) is 0 Å². The Morgan fingerprint density at radius 2 is 1.05 bits per heavy atom. The lowest BCUT2D eigenvalue weighted by atomic mass is 9.92. The standard InChI is InChI=1S/C20H16N2/c1-13-7-9-15-5-3-11-21-19(15)17(13)18-14(2)8-10-16-6-4-12-22-20(16)18/h3-12H,1-2H3. The van der Waals surface area contributed by atoms with E-state index < -0.39 is 0 Å². The van der Waals surface area contributed by atoms with Crippen LogP contribution in [0.15, 0.2) is 60.9 Å². The Labute approximate surface area is 129 Å². The first-order chi connectivity index (χ1) is 10.8. The highest BCUT2D eigenvalue weighted by molar-refractivity contribution is 6.04. The number of nitrogens with zero attached hydrogens (tertiary/aromatic N) is 2. The number of aromatic nitrogens is 2. The van der Waals surface area contributed by atoms with E-state index in [4.69, 9.17) is 0 Å². The van der Waals surface area contributed by atoms with Crippen molar-refractivity contribution >= 4 is 21.8 Å². The molecule has 106 valence electrons. The Bertz CT molecular complexity index is 920. The molecule has 0 atom stereocenters. The van der Waals surface area contributed by atoms with Gasteiger partial charge in [-0.15, -0.1) is 0 Å². The molecule has 4 aromatic rings. The van der Waals surface area contributed by atoms with Crippen LogP contribution in [0.25, 0.3) is 32.9 Å². The molecule has 0 unspecified atom stereocenters. The summed E-state index contributed by atoms with van der Waals surface area (Å²) in [7, 11) is 0. The Hall–Kier alpha value is -2.74. The van der Waals surface area contributed by atoms with Crippen LogP contribution in [-0.2, 0) is 0 Å². The second kappa shape index (κ2) is 4.92. The zero-order valence-electron chi connectivity index (χ0n) is 12.7. The van der Waals surface area contributed by atoms with E-state index in [0.29, 0.717) is 0 Å². The van der Waals surface area contributed by atoms with E-state index in [9.17, 15) is 0 Å². The Morgan fingerprint density at radius 1 is 0.591 bits per heavy atom. The number of fused-ring (bicyclic) bond motifs is 2. The fourth-order valence-electron chi connectivity index (χ4n) is 3.12. The second-order valence-corrected chi connectivity index (χ2v) is 5.67. The molecular weight excluding hydrogens is 268 g/mol. The van der Waals surface area contributed by atoms with Gasteiger partial charge in [0, 0.05) is 34.3 Å². The molecule has 4 rings (SSSR count). The number of hydrogen-bond acceptors (Lipinski definition) is 2. The molecule has 0 spiro atoms. The van der Waals surface area contributed by atoms with Crippen LogP contribution in [-0.4, -0.2) is 9.97 Å². The third-order valence-corrected chi connectivity index (χ3v) is 4.22. The highest BCUT2D eigenvalue weighted by Crippen LogP contribution is 2.36. The van der Waals surface area contributed by atoms with E-state index in [1.165, 1.54) is 22.3 Å². The number of rotatable bonds is 1. The Balaban J connectivity index is 2.21. The van der Waals surface area contributed by atoms with E-state index in [-0.39, 0.29) is 0 Å². The van der Waals surface area contributed by atoms with Gasteiger partial charge in [0.1, 0.15) is 0 Å². The van der Waals surface area contributed by atoms with Crippen molar-refractivity contribution in [3.8, 4) is 11.1 Å². The van der Waals surface area contributed by atoms with Crippen molar-refractivity contribution in [3.05, 3.63) is 72.1 Å². The zero-order chi connectivity index (χ0) is 15.1. The van der Waals surface area contributed by atoms with Gasteiger partial charge in [-0.1, -0.05) is 36.4 Å². The highest BCUT2D eigenvalue weighted by atomic mass is 14.7. The quantitative estimate of drug-likeness (QED) is 0.488. The Morgan fingerprint density at radius 3 is 1.50 bits per heavy atom. The lowest BCUT2D eigenvalue weighted by Gasteiger charge is -2.14. The molecule has 0 amide bonds. The molecule has 0 fully saturated rings. The van der Waals surface area contributed by atoms with E-state index >= 15 is 0 Å². The van der Waals surface area contributed by atoms with Crippen LogP contribution in [0.3, 0.4) is 0 Å². The van der Waals surface area contributed by atoms with Crippen molar-refractivity contribution < 1.29 is 0 Å². The molecule has 0 saturated heterocycles. The van der Waals surface area contributed by atoms with E-state index in [1.807, 2.05) is 24.5 Å². The van der Waals surface area contributed by atoms with Gasteiger partial charge in [0.25, 0.3) is 0 Å². The smallest absolute Gasteiger partial charge is 0.0783 e. The summed E-state index contributed by atoms with van der Waals surface area (Å²) < 4.78 is 0. The lowest BCUT2D eigenvalue weighted by Crippen LogP contribution is -1.94. The maximum atomic E-state index is 4.64. The summed E-state index contributed by atoms with van der Waals surface area (Å²) in [5.41, 5.74) is 6.94. The minimum Gasteiger partial charge on any atom is -0.256 e. The third-order valence-electron chi connectivity index (χ3n) is 4.22. The molecule has 0 aliphatic rings. The largest absolute Gasteiger partial charge is 0.256 e. The summed E-state index contributed by atoms with van der Waals surface area (Å²) in [6, 6.07) is 16.8. The first-order valence-electron chi connectivity index (χ1n) is 7.45. The molecule has 0 aliphatic carbocycles. The molecule has 0 bridgehead atoms. The molecule has 0 saturated carbocycles. The number of aryl methyl sites for hydroxylation is 2. The molecule has 0 radical (unpaired) electrons. The van der Waals surface area contributed by atoms with Crippen LogP contribution < -0.4 is 0 Å². The number of hydrogen-bond donors (Lipinski definition) is 0. The summed E-state index contributed by atoms with van der Waals surface area (Å²) in [5, 5.41) is 2.32. The molecule has 2 heteroatoms. The van der Waals surface area contributed by atoms with Crippen LogP contribution in [0.4, 0.5) is 0 Å². The summed E-state index contributed by atoms with van der Waals surface area (Å²) in [4.78, 5) is 9.28. The van der Waals surface area contributed by atoms with Gasteiger partial charge in [-0.3, -0.25) is 9.97 Å². The first-order valence-corrected chi connectivity index (χ1v) is 7.45. The average Bonchev–Trinajstić information content (AvgIpc) is 2.56. The van der Waals surface area contributed by atoms with E-state index in [0.717, 1.165) is 21.8 Å². The SMILES string of the molecule is Cc1ccc2cccnc2c1-c1c(C)ccc2cccnc12. The van der Waals surface area contributed by atoms with Crippen molar-refractivity contribution in [2.75, 3.05) is 0 Å². The van der Waals surface area contributed by atoms with Crippen LogP contribution in [0.5, 0.6) is 0 Å². The molecule has 2 heterocycles. The van der Waals surface area contributed by atoms with Gasteiger partial charge < -0.3 is 0 Å². The zero-order valence-corrected chi connectivity index (χ0v) is 12.7. The van der Waals surface area contributed by atoms with Gasteiger partial charge >= 0.3 is 0 Å². The molecule has 0 aliphatic heterocycles. The monoisotopic (exact) mass is 284 g/mol. The van der Waals surface area contributed by atoms with Crippen LogP contribution in [0.1, 0.15) is 11.1 Å². The normalized spacial score (nSPS) is 11.2. The van der Waals surface area contributed by atoms with Gasteiger partial charge in [0.2, 0.25) is 0 Å². The maximum absolute atomic E-state index is 4.64. The van der Waals surface area contributed by atoms with Crippen LogP contribution >= 0.6 is 0 Å². The first kappa shape index (κ1) is 13.0.